The van der Waals surface area contributed by atoms with E-state index in [1.165, 1.54) is 14.1 Å². The van der Waals surface area contributed by atoms with Crippen molar-refractivity contribution in [2.45, 2.75) is 25.3 Å². The van der Waals surface area contributed by atoms with Gasteiger partial charge in [0.1, 0.15) is 6.04 Å². The summed E-state index contributed by atoms with van der Waals surface area (Å²) < 4.78 is 26.4. The van der Waals surface area contributed by atoms with Gasteiger partial charge in [0.15, 0.2) is 0 Å². The Labute approximate surface area is 101 Å². The lowest BCUT2D eigenvalue weighted by molar-refractivity contribution is -0.142. The molecule has 2 aliphatic rings. The standard InChI is InChI=1S/C10H18N2O4S/c1-11(2)17(15,16)12-6-7-4-3-5-8(7)9(12)10(13)14/h7-9H,3-6H2,1-2H3,(H,13,14). The van der Waals surface area contributed by atoms with Crippen LogP contribution in [0.5, 0.6) is 0 Å². The lowest BCUT2D eigenvalue weighted by Gasteiger charge is -2.26. The summed E-state index contributed by atoms with van der Waals surface area (Å²) in [6.45, 7) is 0.349. The van der Waals surface area contributed by atoms with Gasteiger partial charge in [0, 0.05) is 20.6 Å². The van der Waals surface area contributed by atoms with Gasteiger partial charge < -0.3 is 5.11 Å². The van der Waals surface area contributed by atoms with Crippen LogP contribution in [0.15, 0.2) is 0 Å². The Bertz CT molecular complexity index is 420. The Morgan fingerprint density at radius 1 is 1.35 bits per heavy atom. The third-order valence-electron chi connectivity index (χ3n) is 3.86. The highest BCUT2D eigenvalue weighted by atomic mass is 32.2. The predicted molar refractivity (Wildman–Crippen MR) is 61.6 cm³/mol. The molecule has 1 aliphatic carbocycles. The molecule has 7 heteroatoms. The fourth-order valence-corrected chi connectivity index (χ4v) is 4.35. The highest BCUT2D eigenvalue weighted by Crippen LogP contribution is 2.43. The average molecular weight is 262 g/mol. The van der Waals surface area contributed by atoms with Crippen LogP contribution in [0, 0.1) is 11.8 Å². The zero-order valence-corrected chi connectivity index (χ0v) is 10.9. The van der Waals surface area contributed by atoms with Gasteiger partial charge >= 0.3 is 5.97 Å². The molecule has 0 aromatic rings. The second-order valence-electron chi connectivity index (χ2n) is 5.00. The predicted octanol–water partition coefficient (Wildman–Crippen LogP) is -0.0221. The van der Waals surface area contributed by atoms with Crippen molar-refractivity contribution in [3.63, 3.8) is 0 Å². The molecule has 98 valence electrons. The molecule has 3 atom stereocenters. The van der Waals surface area contributed by atoms with Gasteiger partial charge in [-0.15, -0.1) is 0 Å². The average Bonchev–Trinajstić information content (AvgIpc) is 2.74. The molecular formula is C10H18N2O4S. The lowest BCUT2D eigenvalue weighted by atomic mass is 9.94. The molecule has 0 spiro atoms. The first-order valence-electron chi connectivity index (χ1n) is 5.78. The van der Waals surface area contributed by atoms with Gasteiger partial charge in [0.2, 0.25) is 0 Å². The number of fused-ring (bicyclic) bond motifs is 1. The van der Waals surface area contributed by atoms with E-state index in [1.807, 2.05) is 0 Å². The zero-order chi connectivity index (χ0) is 12.8. The molecule has 1 heterocycles. The fourth-order valence-electron chi connectivity index (χ4n) is 3.02. The molecule has 6 nitrogen and oxygen atoms in total. The first kappa shape index (κ1) is 12.8. The van der Waals surface area contributed by atoms with Crippen LogP contribution in [-0.2, 0) is 15.0 Å². The van der Waals surface area contributed by atoms with E-state index < -0.39 is 22.2 Å². The third kappa shape index (κ3) is 1.96. The summed E-state index contributed by atoms with van der Waals surface area (Å²) in [6, 6.07) is -0.880. The Morgan fingerprint density at radius 2 is 2.00 bits per heavy atom. The highest BCUT2D eigenvalue weighted by Gasteiger charge is 2.52. The summed E-state index contributed by atoms with van der Waals surface area (Å²) in [7, 11) is -0.761. The Morgan fingerprint density at radius 3 is 2.53 bits per heavy atom. The number of hydrogen-bond donors (Lipinski definition) is 1. The number of carboxylic acids is 1. The Kier molecular flexibility index (Phi) is 3.17. The van der Waals surface area contributed by atoms with E-state index in [1.54, 1.807) is 0 Å². The van der Waals surface area contributed by atoms with Crippen molar-refractivity contribution >= 4 is 16.2 Å². The van der Waals surface area contributed by atoms with Crippen molar-refractivity contribution in [2.75, 3.05) is 20.6 Å². The molecule has 0 radical (unpaired) electrons. The van der Waals surface area contributed by atoms with Crippen LogP contribution in [0.2, 0.25) is 0 Å². The summed E-state index contributed by atoms with van der Waals surface area (Å²) in [4.78, 5) is 11.3. The number of aliphatic carboxylic acids is 1. The molecule has 17 heavy (non-hydrogen) atoms. The minimum Gasteiger partial charge on any atom is -0.480 e. The van der Waals surface area contributed by atoms with Crippen molar-refractivity contribution in [3.05, 3.63) is 0 Å². The van der Waals surface area contributed by atoms with Crippen LogP contribution in [-0.4, -0.2) is 54.8 Å². The number of carboxylic acid groups (broad SMARTS) is 1. The highest BCUT2D eigenvalue weighted by molar-refractivity contribution is 7.86. The van der Waals surface area contributed by atoms with Gasteiger partial charge in [-0.1, -0.05) is 6.42 Å². The van der Waals surface area contributed by atoms with E-state index in [0.29, 0.717) is 6.54 Å². The molecule has 0 bridgehead atoms. The molecule has 1 saturated carbocycles. The number of nitrogens with zero attached hydrogens (tertiary/aromatic N) is 2. The molecular weight excluding hydrogens is 244 g/mol. The zero-order valence-electron chi connectivity index (χ0n) is 10.0. The topological polar surface area (TPSA) is 77.9 Å². The molecule has 1 aliphatic heterocycles. The maximum atomic E-state index is 12.1. The minimum absolute atomic E-state index is 0.0118. The van der Waals surface area contributed by atoms with Gasteiger partial charge in [-0.25, -0.2) is 0 Å². The molecule has 2 rings (SSSR count). The molecule has 3 unspecified atom stereocenters. The largest absolute Gasteiger partial charge is 0.480 e. The van der Waals surface area contributed by atoms with Crippen LogP contribution in [0.1, 0.15) is 19.3 Å². The molecule has 0 aromatic carbocycles. The van der Waals surface area contributed by atoms with E-state index >= 15 is 0 Å². The van der Waals surface area contributed by atoms with Crippen LogP contribution in [0.25, 0.3) is 0 Å². The summed E-state index contributed by atoms with van der Waals surface area (Å²) in [5.74, 6) is -0.821. The van der Waals surface area contributed by atoms with Gasteiger partial charge in [-0.05, 0) is 24.7 Å². The van der Waals surface area contributed by atoms with Crippen LogP contribution < -0.4 is 0 Å². The maximum absolute atomic E-state index is 12.1. The number of carbonyl (C=O) groups is 1. The fraction of sp³-hybridized carbons (Fsp3) is 0.900. The molecule has 0 amide bonds. The lowest BCUT2D eigenvalue weighted by Crippen LogP contribution is -2.47. The van der Waals surface area contributed by atoms with E-state index in [4.69, 9.17) is 0 Å². The van der Waals surface area contributed by atoms with Crippen molar-refractivity contribution in [1.29, 1.82) is 0 Å². The van der Waals surface area contributed by atoms with Crippen molar-refractivity contribution in [1.82, 2.24) is 8.61 Å². The molecule has 0 aromatic heterocycles. The molecule has 2 fully saturated rings. The summed E-state index contributed by atoms with van der Waals surface area (Å²) in [5.41, 5.74) is 0. The van der Waals surface area contributed by atoms with Crippen LogP contribution >= 0.6 is 0 Å². The van der Waals surface area contributed by atoms with E-state index in [0.717, 1.165) is 27.9 Å². The van der Waals surface area contributed by atoms with Gasteiger partial charge in [0.25, 0.3) is 10.2 Å². The third-order valence-corrected chi connectivity index (χ3v) is 5.75. The first-order chi connectivity index (χ1) is 7.85. The van der Waals surface area contributed by atoms with Crippen molar-refractivity contribution in [3.8, 4) is 0 Å². The smallest absolute Gasteiger partial charge is 0.322 e. The van der Waals surface area contributed by atoms with Gasteiger partial charge in [-0.3, -0.25) is 4.79 Å². The monoisotopic (exact) mass is 262 g/mol. The summed E-state index contributed by atoms with van der Waals surface area (Å²) in [5, 5.41) is 9.25. The summed E-state index contributed by atoms with van der Waals surface area (Å²) >= 11 is 0. The van der Waals surface area contributed by atoms with Gasteiger partial charge in [-0.2, -0.15) is 17.0 Å². The quantitative estimate of drug-likeness (QED) is 0.775. The van der Waals surface area contributed by atoms with Crippen LogP contribution in [0.4, 0.5) is 0 Å². The SMILES string of the molecule is CN(C)S(=O)(=O)N1CC2CCCC2C1C(=O)O. The summed E-state index contributed by atoms with van der Waals surface area (Å²) in [6.07, 6.45) is 2.77. The van der Waals surface area contributed by atoms with Crippen LogP contribution in [0.3, 0.4) is 0 Å². The molecule has 1 N–H and O–H groups in total. The Hall–Kier alpha value is -0.660. The minimum atomic E-state index is -3.63. The number of rotatable bonds is 3. The van der Waals surface area contributed by atoms with E-state index in [9.17, 15) is 18.3 Å². The van der Waals surface area contributed by atoms with E-state index in [-0.39, 0.29) is 11.8 Å². The van der Waals surface area contributed by atoms with Gasteiger partial charge in [0.05, 0.1) is 0 Å². The second-order valence-corrected chi connectivity index (χ2v) is 7.09. The Balaban J connectivity index is 2.32. The first-order valence-corrected chi connectivity index (χ1v) is 7.17. The normalized spacial score (nSPS) is 34.2. The van der Waals surface area contributed by atoms with Crippen molar-refractivity contribution < 1.29 is 18.3 Å². The second kappa shape index (κ2) is 4.22. The maximum Gasteiger partial charge on any atom is 0.322 e. The van der Waals surface area contributed by atoms with Crippen molar-refractivity contribution in [2.24, 2.45) is 11.8 Å². The van der Waals surface area contributed by atoms with E-state index in [2.05, 4.69) is 0 Å². The molecule has 1 saturated heterocycles. The number of hydrogen-bond acceptors (Lipinski definition) is 3.